The molecule has 0 aliphatic carbocycles. The first-order valence-corrected chi connectivity index (χ1v) is 7.21. The lowest BCUT2D eigenvalue weighted by molar-refractivity contribution is -0.117. The molecule has 21 heavy (non-hydrogen) atoms. The van der Waals surface area contributed by atoms with Crippen LogP contribution in [0.15, 0.2) is 42.5 Å². The molecule has 1 unspecified atom stereocenters. The molecule has 0 saturated heterocycles. The molecule has 0 radical (unpaired) electrons. The summed E-state index contributed by atoms with van der Waals surface area (Å²) in [5, 5.41) is 6.30. The molecule has 2 aromatic rings. The summed E-state index contributed by atoms with van der Waals surface area (Å²) in [5.74, 6) is 0.831. The number of hydrogen-bond donors (Lipinski definition) is 2. The first-order valence-electron chi connectivity index (χ1n) is 7.21. The van der Waals surface area contributed by atoms with Crippen LogP contribution >= 0.6 is 0 Å². The van der Waals surface area contributed by atoms with Crippen molar-refractivity contribution in [1.82, 2.24) is 0 Å². The Morgan fingerprint density at radius 2 is 2.14 bits per heavy atom. The highest BCUT2D eigenvalue weighted by molar-refractivity contribution is 5.98. The van der Waals surface area contributed by atoms with Crippen molar-refractivity contribution in [2.45, 2.75) is 12.3 Å². The highest BCUT2D eigenvalue weighted by atomic mass is 16.5. The van der Waals surface area contributed by atoms with Crippen LogP contribution in [0.3, 0.4) is 0 Å². The molecular weight excluding hydrogens is 264 g/mol. The van der Waals surface area contributed by atoms with Crippen LogP contribution in [-0.4, -0.2) is 19.1 Å². The molecule has 4 heteroatoms. The fourth-order valence-electron chi connectivity index (χ4n) is 3.01. The maximum absolute atomic E-state index is 12.5. The van der Waals surface area contributed by atoms with Crippen LogP contribution in [0, 0.1) is 0 Å². The summed E-state index contributed by atoms with van der Waals surface area (Å²) in [6, 6.07) is 13.8. The van der Waals surface area contributed by atoms with Crippen molar-refractivity contribution >= 4 is 17.3 Å². The van der Waals surface area contributed by atoms with E-state index in [9.17, 15) is 4.79 Å². The average Bonchev–Trinajstić information content (AvgIpc) is 3.13. The number of hydrogen-bond acceptors (Lipinski definition) is 3. The Bertz CT molecular complexity index is 712. The number of para-hydroxylation sites is 1. The molecule has 1 amide bonds. The van der Waals surface area contributed by atoms with Gasteiger partial charge in [-0.3, -0.25) is 4.79 Å². The summed E-state index contributed by atoms with van der Waals surface area (Å²) in [4.78, 5) is 12.5. The van der Waals surface area contributed by atoms with E-state index < -0.39 is 0 Å². The number of carbonyl (C=O) groups is 1. The summed E-state index contributed by atoms with van der Waals surface area (Å²) in [6.07, 6.45) is 0.910. The second kappa shape index (κ2) is 4.81. The number of carbonyl (C=O) groups excluding carboxylic acids is 1. The average molecular weight is 280 g/mol. The monoisotopic (exact) mass is 280 g/mol. The number of anilines is 2. The van der Waals surface area contributed by atoms with Crippen LogP contribution < -0.4 is 15.4 Å². The van der Waals surface area contributed by atoms with E-state index in [-0.39, 0.29) is 11.8 Å². The van der Waals surface area contributed by atoms with Crippen molar-refractivity contribution in [2.75, 3.05) is 23.8 Å². The molecule has 0 aromatic heterocycles. The van der Waals surface area contributed by atoms with Gasteiger partial charge in [-0.25, -0.2) is 0 Å². The number of fused-ring (bicyclic) bond motifs is 2. The van der Waals surface area contributed by atoms with Crippen LogP contribution in [-0.2, 0) is 11.2 Å². The van der Waals surface area contributed by atoms with Crippen LogP contribution in [0.1, 0.15) is 17.0 Å². The normalized spacial score (nSPS) is 18.4. The topological polar surface area (TPSA) is 50.4 Å². The maximum atomic E-state index is 12.5. The Hall–Kier alpha value is -2.49. The van der Waals surface area contributed by atoms with Gasteiger partial charge in [-0.1, -0.05) is 18.2 Å². The summed E-state index contributed by atoms with van der Waals surface area (Å²) in [5.41, 5.74) is 4.13. The standard InChI is InChI=1S/C17H16N2O2/c20-17(14-10-18-15-4-2-1-3-13(14)15)19-12-5-6-16-11(9-12)7-8-21-16/h1-6,9,14,18H,7-8,10H2,(H,19,20). The second-order valence-corrected chi connectivity index (χ2v) is 5.43. The Labute approximate surface area is 123 Å². The van der Waals surface area contributed by atoms with Gasteiger partial charge in [-0.05, 0) is 35.4 Å². The quantitative estimate of drug-likeness (QED) is 0.889. The first kappa shape index (κ1) is 12.3. The molecule has 4 nitrogen and oxygen atoms in total. The molecule has 0 spiro atoms. The van der Waals surface area contributed by atoms with Gasteiger partial charge in [0.2, 0.25) is 5.91 Å². The predicted octanol–water partition coefficient (Wildman–Crippen LogP) is 2.77. The zero-order valence-corrected chi connectivity index (χ0v) is 11.6. The number of rotatable bonds is 2. The van der Waals surface area contributed by atoms with Gasteiger partial charge in [0.15, 0.2) is 0 Å². The minimum Gasteiger partial charge on any atom is -0.493 e. The number of nitrogens with one attached hydrogen (secondary N) is 2. The molecule has 2 N–H and O–H groups in total. The molecular formula is C17H16N2O2. The van der Waals surface area contributed by atoms with E-state index in [4.69, 9.17) is 4.74 Å². The van der Waals surface area contributed by atoms with Gasteiger partial charge in [0.05, 0.1) is 12.5 Å². The van der Waals surface area contributed by atoms with E-state index in [1.165, 1.54) is 0 Å². The lowest BCUT2D eigenvalue weighted by Crippen LogP contribution is -2.22. The molecule has 0 fully saturated rings. The Balaban J connectivity index is 1.54. The fourth-order valence-corrected chi connectivity index (χ4v) is 3.01. The SMILES string of the molecule is O=C(Nc1ccc2c(c1)CCO2)C1CNc2ccccc21. The van der Waals surface area contributed by atoms with E-state index in [0.717, 1.165) is 41.3 Å². The molecule has 0 saturated carbocycles. The zero-order valence-electron chi connectivity index (χ0n) is 11.6. The lowest BCUT2D eigenvalue weighted by Gasteiger charge is -2.12. The highest BCUT2D eigenvalue weighted by Gasteiger charge is 2.28. The minimum absolute atomic E-state index is 0.0336. The summed E-state index contributed by atoms with van der Waals surface area (Å²) < 4.78 is 5.48. The van der Waals surface area contributed by atoms with Crippen molar-refractivity contribution in [2.24, 2.45) is 0 Å². The fraction of sp³-hybridized carbons (Fsp3) is 0.235. The molecule has 2 heterocycles. The van der Waals surface area contributed by atoms with Crippen molar-refractivity contribution in [3.63, 3.8) is 0 Å². The molecule has 2 aliphatic rings. The summed E-state index contributed by atoms with van der Waals surface area (Å²) in [6.45, 7) is 1.38. The predicted molar refractivity (Wildman–Crippen MR) is 81.9 cm³/mol. The van der Waals surface area contributed by atoms with Crippen molar-refractivity contribution in [3.8, 4) is 5.75 Å². The molecule has 2 aliphatic heterocycles. The van der Waals surface area contributed by atoms with E-state index in [2.05, 4.69) is 10.6 Å². The third-order valence-electron chi connectivity index (χ3n) is 4.11. The maximum Gasteiger partial charge on any atom is 0.233 e. The smallest absolute Gasteiger partial charge is 0.233 e. The van der Waals surface area contributed by atoms with E-state index in [0.29, 0.717) is 6.54 Å². The van der Waals surface area contributed by atoms with E-state index >= 15 is 0 Å². The lowest BCUT2D eigenvalue weighted by atomic mass is 10.0. The molecule has 106 valence electrons. The van der Waals surface area contributed by atoms with Gasteiger partial charge in [-0.2, -0.15) is 0 Å². The van der Waals surface area contributed by atoms with Crippen LogP contribution in [0.5, 0.6) is 5.75 Å². The molecule has 4 rings (SSSR count). The molecule has 1 atom stereocenters. The largest absolute Gasteiger partial charge is 0.493 e. The third kappa shape index (κ3) is 2.13. The van der Waals surface area contributed by atoms with E-state index in [1.807, 2.05) is 42.5 Å². The zero-order chi connectivity index (χ0) is 14.2. The number of amides is 1. The van der Waals surface area contributed by atoms with Crippen molar-refractivity contribution in [1.29, 1.82) is 0 Å². The Morgan fingerprint density at radius 1 is 1.24 bits per heavy atom. The van der Waals surface area contributed by atoms with Gasteiger partial charge in [0.1, 0.15) is 5.75 Å². The van der Waals surface area contributed by atoms with E-state index in [1.54, 1.807) is 0 Å². The van der Waals surface area contributed by atoms with Crippen molar-refractivity contribution < 1.29 is 9.53 Å². The highest BCUT2D eigenvalue weighted by Crippen LogP contribution is 2.33. The Kier molecular flexibility index (Phi) is 2.81. The van der Waals surface area contributed by atoms with Crippen molar-refractivity contribution in [3.05, 3.63) is 53.6 Å². The number of benzene rings is 2. The first-order chi connectivity index (χ1) is 10.3. The summed E-state index contributed by atoms with van der Waals surface area (Å²) in [7, 11) is 0. The molecule has 2 aromatic carbocycles. The van der Waals surface area contributed by atoms with Gasteiger partial charge >= 0.3 is 0 Å². The van der Waals surface area contributed by atoms with Crippen LogP contribution in [0.4, 0.5) is 11.4 Å². The number of ether oxygens (including phenoxy) is 1. The van der Waals surface area contributed by atoms with Crippen LogP contribution in [0.2, 0.25) is 0 Å². The van der Waals surface area contributed by atoms with Gasteiger partial charge < -0.3 is 15.4 Å². The van der Waals surface area contributed by atoms with Gasteiger partial charge in [0.25, 0.3) is 0 Å². The minimum atomic E-state index is -0.134. The third-order valence-corrected chi connectivity index (χ3v) is 4.11. The van der Waals surface area contributed by atoms with Crippen LogP contribution in [0.25, 0.3) is 0 Å². The second-order valence-electron chi connectivity index (χ2n) is 5.43. The summed E-state index contributed by atoms with van der Waals surface area (Å²) >= 11 is 0. The molecule has 0 bridgehead atoms. The van der Waals surface area contributed by atoms with Gasteiger partial charge in [0, 0.05) is 24.3 Å². The van der Waals surface area contributed by atoms with Gasteiger partial charge in [-0.15, -0.1) is 0 Å². The Morgan fingerprint density at radius 3 is 3.10 bits per heavy atom.